The minimum atomic E-state index is -0.282. The Morgan fingerprint density at radius 1 is 1.54 bits per heavy atom. The third-order valence-electron chi connectivity index (χ3n) is 3.93. The van der Waals surface area contributed by atoms with Gasteiger partial charge >= 0.3 is 0 Å². The van der Waals surface area contributed by atoms with Crippen LogP contribution < -0.4 is 5.73 Å². The van der Waals surface area contributed by atoms with Crippen LogP contribution in [0.25, 0.3) is 0 Å². The fourth-order valence-electron chi connectivity index (χ4n) is 3.14. The summed E-state index contributed by atoms with van der Waals surface area (Å²) in [6, 6.07) is 0. The number of nitrogens with two attached hydrogens (primary N) is 1. The van der Waals surface area contributed by atoms with E-state index in [1.54, 1.807) is 6.08 Å². The molecule has 1 amide bonds. The van der Waals surface area contributed by atoms with E-state index >= 15 is 0 Å². The average Bonchev–Trinajstić information content (AvgIpc) is 2.53. The van der Waals surface area contributed by atoms with Gasteiger partial charge < -0.3 is 5.73 Å². The molecular formula is C11H17NO. The largest absolute Gasteiger partial charge is 0.366 e. The fourth-order valence-corrected chi connectivity index (χ4v) is 3.14. The van der Waals surface area contributed by atoms with Crippen molar-refractivity contribution >= 4 is 5.91 Å². The Morgan fingerprint density at radius 3 is 2.69 bits per heavy atom. The van der Waals surface area contributed by atoms with Gasteiger partial charge in [-0.05, 0) is 36.5 Å². The second-order valence-corrected chi connectivity index (χ2v) is 4.93. The zero-order valence-corrected chi connectivity index (χ0v) is 8.34. The monoisotopic (exact) mass is 179 g/mol. The first-order valence-electron chi connectivity index (χ1n) is 5.03. The Kier molecular flexibility index (Phi) is 1.76. The van der Waals surface area contributed by atoms with Gasteiger partial charge in [0.25, 0.3) is 0 Å². The van der Waals surface area contributed by atoms with Crippen LogP contribution in [0.15, 0.2) is 11.6 Å². The van der Waals surface area contributed by atoms with E-state index < -0.39 is 0 Å². The van der Waals surface area contributed by atoms with E-state index in [0.717, 1.165) is 5.92 Å². The standard InChI is InChI=1S/C11H17NO/c1-11(2)8-4-3-7(5-8)9(11)6-10(12)13/h6-8H,3-5H2,1-2H3,(H2,12,13). The van der Waals surface area contributed by atoms with Crippen molar-refractivity contribution in [1.82, 2.24) is 0 Å². The van der Waals surface area contributed by atoms with Gasteiger partial charge in [0.05, 0.1) is 0 Å². The van der Waals surface area contributed by atoms with E-state index in [1.807, 2.05) is 0 Å². The molecule has 0 radical (unpaired) electrons. The number of hydrogen-bond donors (Lipinski definition) is 1. The van der Waals surface area contributed by atoms with Gasteiger partial charge in [0.15, 0.2) is 0 Å². The van der Waals surface area contributed by atoms with E-state index in [4.69, 9.17) is 5.73 Å². The van der Waals surface area contributed by atoms with Crippen LogP contribution in [-0.4, -0.2) is 5.91 Å². The number of carbonyl (C=O) groups is 1. The summed E-state index contributed by atoms with van der Waals surface area (Å²) in [5.74, 6) is 1.14. The van der Waals surface area contributed by atoms with E-state index in [1.165, 1.54) is 24.8 Å². The predicted molar refractivity (Wildman–Crippen MR) is 51.9 cm³/mol. The predicted octanol–water partition coefficient (Wildman–Crippen LogP) is 1.85. The molecule has 0 aromatic rings. The highest BCUT2D eigenvalue weighted by Gasteiger charge is 2.48. The minimum absolute atomic E-state index is 0.220. The maximum absolute atomic E-state index is 10.9. The molecule has 2 fully saturated rings. The summed E-state index contributed by atoms with van der Waals surface area (Å²) in [6.45, 7) is 4.48. The van der Waals surface area contributed by atoms with Crippen molar-refractivity contribution in [3.63, 3.8) is 0 Å². The van der Waals surface area contributed by atoms with Gasteiger partial charge in [0.2, 0.25) is 5.91 Å². The lowest BCUT2D eigenvalue weighted by Gasteiger charge is -2.32. The Hall–Kier alpha value is -0.790. The average molecular weight is 179 g/mol. The first-order chi connectivity index (χ1) is 6.01. The molecule has 0 spiro atoms. The Morgan fingerprint density at radius 2 is 2.23 bits per heavy atom. The third kappa shape index (κ3) is 1.19. The fraction of sp³-hybridized carbons (Fsp3) is 0.727. The van der Waals surface area contributed by atoms with Crippen molar-refractivity contribution in [2.75, 3.05) is 0 Å². The number of amides is 1. The first-order valence-corrected chi connectivity index (χ1v) is 5.03. The van der Waals surface area contributed by atoms with E-state index in [2.05, 4.69) is 13.8 Å². The van der Waals surface area contributed by atoms with Gasteiger partial charge in [0, 0.05) is 6.08 Å². The second-order valence-electron chi connectivity index (χ2n) is 4.93. The van der Waals surface area contributed by atoms with Crippen LogP contribution in [0.2, 0.25) is 0 Å². The highest BCUT2D eigenvalue weighted by molar-refractivity contribution is 5.87. The highest BCUT2D eigenvalue weighted by Crippen LogP contribution is 2.58. The zero-order chi connectivity index (χ0) is 9.64. The molecule has 0 aliphatic heterocycles. The maximum Gasteiger partial charge on any atom is 0.241 e. The molecule has 2 bridgehead atoms. The lowest BCUT2D eigenvalue weighted by Crippen LogP contribution is -2.24. The SMILES string of the molecule is CC1(C)C(=CC(N)=O)C2CCC1C2. The van der Waals surface area contributed by atoms with Crippen LogP contribution in [0.3, 0.4) is 0 Å². The molecule has 2 atom stereocenters. The van der Waals surface area contributed by atoms with Crippen molar-refractivity contribution in [1.29, 1.82) is 0 Å². The topological polar surface area (TPSA) is 43.1 Å². The molecule has 0 aromatic carbocycles. The Balaban J connectivity index is 2.34. The van der Waals surface area contributed by atoms with Crippen LogP contribution in [0.1, 0.15) is 33.1 Å². The summed E-state index contributed by atoms with van der Waals surface area (Å²) in [4.78, 5) is 10.9. The van der Waals surface area contributed by atoms with Crippen LogP contribution in [0, 0.1) is 17.3 Å². The molecule has 0 saturated heterocycles. The van der Waals surface area contributed by atoms with E-state index in [0.29, 0.717) is 5.92 Å². The molecule has 13 heavy (non-hydrogen) atoms. The Labute approximate surface area is 79.2 Å². The van der Waals surface area contributed by atoms with E-state index in [-0.39, 0.29) is 11.3 Å². The van der Waals surface area contributed by atoms with Crippen molar-refractivity contribution < 1.29 is 4.79 Å². The van der Waals surface area contributed by atoms with Crippen molar-refractivity contribution in [3.05, 3.63) is 11.6 Å². The van der Waals surface area contributed by atoms with Gasteiger partial charge in [-0.2, -0.15) is 0 Å². The third-order valence-corrected chi connectivity index (χ3v) is 3.93. The molecule has 0 heterocycles. The van der Waals surface area contributed by atoms with Crippen molar-refractivity contribution in [2.24, 2.45) is 23.0 Å². The number of hydrogen-bond acceptors (Lipinski definition) is 1. The highest BCUT2D eigenvalue weighted by atomic mass is 16.1. The van der Waals surface area contributed by atoms with Crippen molar-refractivity contribution in [2.45, 2.75) is 33.1 Å². The molecule has 2 aliphatic rings. The molecule has 2 N–H and O–H groups in total. The van der Waals surface area contributed by atoms with Crippen LogP contribution in [0.5, 0.6) is 0 Å². The number of carbonyl (C=O) groups excluding carboxylic acids is 1. The summed E-state index contributed by atoms with van der Waals surface area (Å²) in [5.41, 5.74) is 6.73. The van der Waals surface area contributed by atoms with Gasteiger partial charge in [-0.3, -0.25) is 4.79 Å². The normalized spacial score (nSPS) is 38.5. The minimum Gasteiger partial charge on any atom is -0.366 e. The van der Waals surface area contributed by atoms with E-state index in [9.17, 15) is 4.79 Å². The number of allylic oxidation sites excluding steroid dienone is 1. The quantitative estimate of drug-likeness (QED) is 0.613. The summed E-state index contributed by atoms with van der Waals surface area (Å²) in [6.07, 6.45) is 5.52. The molecule has 0 aromatic heterocycles. The van der Waals surface area contributed by atoms with Crippen LogP contribution in [-0.2, 0) is 4.79 Å². The lowest BCUT2D eigenvalue weighted by atomic mass is 9.72. The molecule has 72 valence electrons. The van der Waals surface area contributed by atoms with Crippen LogP contribution in [0.4, 0.5) is 0 Å². The molecule has 2 unspecified atom stereocenters. The molecule has 2 rings (SSSR count). The molecule has 2 nitrogen and oxygen atoms in total. The second kappa shape index (κ2) is 2.60. The van der Waals surface area contributed by atoms with Crippen molar-refractivity contribution in [3.8, 4) is 0 Å². The summed E-state index contributed by atoms with van der Waals surface area (Å²) in [5, 5.41) is 0. The smallest absolute Gasteiger partial charge is 0.241 e. The lowest BCUT2D eigenvalue weighted by molar-refractivity contribution is -0.113. The van der Waals surface area contributed by atoms with Gasteiger partial charge in [-0.25, -0.2) is 0 Å². The molecule has 2 aliphatic carbocycles. The van der Waals surface area contributed by atoms with Gasteiger partial charge in [-0.15, -0.1) is 0 Å². The summed E-state index contributed by atoms with van der Waals surface area (Å²) in [7, 11) is 0. The summed E-state index contributed by atoms with van der Waals surface area (Å²) >= 11 is 0. The maximum atomic E-state index is 10.9. The zero-order valence-electron chi connectivity index (χ0n) is 8.34. The molecular weight excluding hydrogens is 162 g/mol. The Bertz CT molecular complexity index is 278. The number of fused-ring (bicyclic) bond motifs is 2. The first kappa shape index (κ1) is 8.79. The summed E-state index contributed by atoms with van der Waals surface area (Å²) < 4.78 is 0. The molecule has 2 saturated carbocycles. The van der Waals surface area contributed by atoms with Gasteiger partial charge in [-0.1, -0.05) is 19.4 Å². The molecule has 2 heteroatoms. The van der Waals surface area contributed by atoms with Gasteiger partial charge in [0.1, 0.15) is 0 Å². The van der Waals surface area contributed by atoms with Crippen LogP contribution >= 0.6 is 0 Å². The number of rotatable bonds is 1. The number of primary amides is 1.